The Kier molecular flexibility index (Phi) is 4.62. The second-order valence-electron chi connectivity index (χ2n) is 6.51. The summed E-state index contributed by atoms with van der Waals surface area (Å²) in [5.41, 5.74) is 6.49. The number of anilines is 1. The second-order valence-corrected chi connectivity index (χ2v) is 6.51. The molecule has 0 aliphatic heterocycles. The molecule has 0 heterocycles. The minimum absolute atomic E-state index is 0.0435. The van der Waals surface area contributed by atoms with Crippen LogP contribution in [-0.4, -0.2) is 18.6 Å². The Bertz CT molecular complexity index is 545. The molecule has 5 heteroatoms. The first-order valence-electron chi connectivity index (χ1n) is 8.10. The molecule has 0 spiro atoms. The van der Waals surface area contributed by atoms with Gasteiger partial charge in [-0.3, -0.25) is 4.79 Å². The lowest BCUT2D eigenvalue weighted by atomic mass is 9.85. The third-order valence-electron chi connectivity index (χ3n) is 4.46. The molecule has 22 heavy (non-hydrogen) atoms. The van der Waals surface area contributed by atoms with Crippen molar-refractivity contribution >= 4 is 11.6 Å². The number of carbonyl (C=O) groups is 1. The normalized spacial score (nSPS) is 24.8. The first-order valence-corrected chi connectivity index (χ1v) is 8.10. The molecule has 3 N–H and O–H groups in total. The summed E-state index contributed by atoms with van der Waals surface area (Å²) in [6.45, 7) is 0.584. The van der Waals surface area contributed by atoms with E-state index in [9.17, 15) is 9.18 Å². The number of benzene rings is 1. The maximum Gasteiger partial charge on any atom is 0.227 e. The van der Waals surface area contributed by atoms with Crippen molar-refractivity contribution in [2.45, 2.75) is 44.6 Å². The highest BCUT2D eigenvalue weighted by atomic mass is 19.1. The lowest BCUT2D eigenvalue weighted by Crippen LogP contribution is -2.34. The van der Waals surface area contributed by atoms with Gasteiger partial charge in [0.1, 0.15) is 11.6 Å². The molecule has 1 aromatic rings. The Morgan fingerprint density at radius 1 is 1.32 bits per heavy atom. The number of carbonyl (C=O) groups excluding carboxylic acids is 1. The van der Waals surface area contributed by atoms with Crippen LogP contribution >= 0.6 is 0 Å². The fraction of sp³-hybridized carbons (Fsp3) is 0.588. The van der Waals surface area contributed by atoms with Gasteiger partial charge in [0.2, 0.25) is 5.91 Å². The first-order chi connectivity index (χ1) is 10.6. The van der Waals surface area contributed by atoms with E-state index < -0.39 is 0 Å². The van der Waals surface area contributed by atoms with E-state index in [1.54, 1.807) is 6.07 Å². The van der Waals surface area contributed by atoms with Crippen molar-refractivity contribution in [2.75, 3.05) is 11.9 Å². The zero-order chi connectivity index (χ0) is 15.5. The molecule has 0 radical (unpaired) electrons. The summed E-state index contributed by atoms with van der Waals surface area (Å²) in [4.78, 5) is 12.4. The number of hydrogen-bond donors (Lipinski definition) is 2. The van der Waals surface area contributed by atoms with Gasteiger partial charge in [-0.15, -0.1) is 0 Å². The molecule has 2 unspecified atom stereocenters. The van der Waals surface area contributed by atoms with E-state index in [0.717, 1.165) is 32.1 Å². The number of nitrogens with one attached hydrogen (secondary N) is 1. The van der Waals surface area contributed by atoms with E-state index in [1.165, 1.54) is 12.1 Å². The largest absolute Gasteiger partial charge is 0.491 e. The maximum absolute atomic E-state index is 13.4. The van der Waals surface area contributed by atoms with Crippen LogP contribution in [0.4, 0.5) is 10.1 Å². The SMILES string of the molecule is NC1CCCC(C(=O)Nc2ccc(F)cc2OCC2CC2)C1. The fourth-order valence-electron chi connectivity index (χ4n) is 2.91. The van der Waals surface area contributed by atoms with Crippen LogP contribution in [0.3, 0.4) is 0 Å². The van der Waals surface area contributed by atoms with Crippen LogP contribution in [0.5, 0.6) is 5.75 Å². The summed E-state index contributed by atoms with van der Waals surface area (Å²) in [6.07, 6.45) is 5.86. The van der Waals surface area contributed by atoms with Crippen molar-refractivity contribution in [3.63, 3.8) is 0 Å². The third-order valence-corrected chi connectivity index (χ3v) is 4.46. The van der Waals surface area contributed by atoms with Gasteiger partial charge in [-0.1, -0.05) is 6.42 Å². The van der Waals surface area contributed by atoms with E-state index in [1.807, 2.05) is 0 Å². The average molecular weight is 306 g/mol. The van der Waals surface area contributed by atoms with Crippen LogP contribution in [0.1, 0.15) is 38.5 Å². The number of hydrogen-bond acceptors (Lipinski definition) is 3. The van der Waals surface area contributed by atoms with Gasteiger partial charge in [0.15, 0.2) is 0 Å². The lowest BCUT2D eigenvalue weighted by molar-refractivity contribution is -0.120. The molecule has 0 saturated heterocycles. The van der Waals surface area contributed by atoms with Crippen molar-refractivity contribution in [3.05, 3.63) is 24.0 Å². The monoisotopic (exact) mass is 306 g/mol. The number of nitrogens with two attached hydrogens (primary N) is 1. The molecule has 2 aliphatic carbocycles. The molecule has 2 atom stereocenters. The standard InChI is InChI=1S/C17H23FN2O2/c18-13-6-7-15(16(9-13)22-10-11-4-5-11)20-17(21)12-2-1-3-14(19)8-12/h6-7,9,11-12,14H,1-5,8,10,19H2,(H,20,21). The van der Waals surface area contributed by atoms with E-state index in [4.69, 9.17) is 10.5 Å². The molecular weight excluding hydrogens is 283 g/mol. The average Bonchev–Trinajstić information content (AvgIpc) is 3.31. The van der Waals surface area contributed by atoms with Crippen LogP contribution in [0, 0.1) is 17.7 Å². The van der Waals surface area contributed by atoms with Crippen LogP contribution < -0.4 is 15.8 Å². The van der Waals surface area contributed by atoms with E-state index in [-0.39, 0.29) is 23.7 Å². The zero-order valence-corrected chi connectivity index (χ0v) is 12.7. The van der Waals surface area contributed by atoms with Gasteiger partial charge >= 0.3 is 0 Å². The number of rotatable bonds is 5. The van der Waals surface area contributed by atoms with Crippen molar-refractivity contribution in [1.29, 1.82) is 0 Å². The van der Waals surface area contributed by atoms with Gasteiger partial charge in [-0.05, 0) is 50.2 Å². The topological polar surface area (TPSA) is 64.4 Å². The highest BCUT2D eigenvalue weighted by molar-refractivity contribution is 5.94. The van der Waals surface area contributed by atoms with Gasteiger partial charge in [0.05, 0.1) is 12.3 Å². The molecule has 1 aromatic carbocycles. The third kappa shape index (κ3) is 3.97. The van der Waals surface area contributed by atoms with Gasteiger partial charge in [-0.2, -0.15) is 0 Å². The molecule has 1 amide bonds. The van der Waals surface area contributed by atoms with Gasteiger partial charge in [0, 0.05) is 18.0 Å². The molecule has 2 aliphatic rings. The van der Waals surface area contributed by atoms with Gasteiger partial charge < -0.3 is 15.8 Å². The Hall–Kier alpha value is -1.62. The maximum atomic E-state index is 13.4. The highest BCUT2D eigenvalue weighted by Gasteiger charge is 2.26. The first kappa shape index (κ1) is 15.3. The van der Waals surface area contributed by atoms with E-state index in [2.05, 4.69) is 5.32 Å². The molecule has 4 nitrogen and oxygen atoms in total. The number of ether oxygens (including phenoxy) is 1. The fourth-order valence-corrected chi connectivity index (χ4v) is 2.91. The van der Waals surface area contributed by atoms with Crippen LogP contribution in [0.2, 0.25) is 0 Å². The highest BCUT2D eigenvalue weighted by Crippen LogP contribution is 2.33. The Morgan fingerprint density at radius 3 is 2.86 bits per heavy atom. The molecule has 0 aromatic heterocycles. The van der Waals surface area contributed by atoms with Gasteiger partial charge in [-0.25, -0.2) is 4.39 Å². The van der Waals surface area contributed by atoms with Gasteiger partial charge in [0.25, 0.3) is 0 Å². The Balaban J connectivity index is 1.66. The summed E-state index contributed by atoms with van der Waals surface area (Å²) < 4.78 is 19.1. The molecule has 0 bridgehead atoms. The van der Waals surface area contributed by atoms with Crippen LogP contribution in [-0.2, 0) is 4.79 Å². The summed E-state index contributed by atoms with van der Waals surface area (Å²) >= 11 is 0. The van der Waals surface area contributed by atoms with Crippen LogP contribution in [0.15, 0.2) is 18.2 Å². The quantitative estimate of drug-likeness (QED) is 0.878. The van der Waals surface area contributed by atoms with Crippen LogP contribution in [0.25, 0.3) is 0 Å². The molecule has 2 saturated carbocycles. The molecule has 2 fully saturated rings. The summed E-state index contributed by atoms with van der Waals surface area (Å²) in [5, 5.41) is 2.89. The summed E-state index contributed by atoms with van der Waals surface area (Å²) in [5.74, 6) is 0.523. The van der Waals surface area contributed by atoms with Crippen molar-refractivity contribution in [2.24, 2.45) is 17.6 Å². The Morgan fingerprint density at radius 2 is 2.14 bits per heavy atom. The number of amides is 1. The predicted molar refractivity (Wildman–Crippen MR) is 83.2 cm³/mol. The summed E-state index contributed by atoms with van der Waals surface area (Å²) in [7, 11) is 0. The van der Waals surface area contributed by atoms with Crippen molar-refractivity contribution < 1.29 is 13.9 Å². The predicted octanol–water partition coefficient (Wildman–Crippen LogP) is 3.07. The minimum atomic E-state index is -0.358. The van der Waals surface area contributed by atoms with E-state index in [0.29, 0.717) is 30.4 Å². The lowest BCUT2D eigenvalue weighted by Gasteiger charge is -2.26. The minimum Gasteiger partial charge on any atom is -0.491 e. The zero-order valence-electron chi connectivity index (χ0n) is 12.7. The molecule has 3 rings (SSSR count). The second kappa shape index (κ2) is 6.65. The summed E-state index contributed by atoms with van der Waals surface area (Å²) in [6, 6.07) is 4.35. The Labute approximate surface area is 130 Å². The molecular formula is C17H23FN2O2. The number of halogens is 1. The molecule has 120 valence electrons. The smallest absolute Gasteiger partial charge is 0.227 e. The van der Waals surface area contributed by atoms with Crippen molar-refractivity contribution in [3.8, 4) is 5.75 Å². The van der Waals surface area contributed by atoms with E-state index >= 15 is 0 Å². The van der Waals surface area contributed by atoms with Crippen molar-refractivity contribution in [1.82, 2.24) is 0 Å².